The number of rotatable bonds is 6. The Morgan fingerprint density at radius 2 is 2.06 bits per heavy atom. The highest BCUT2D eigenvalue weighted by Gasteiger charge is 2.30. The predicted octanol–water partition coefficient (Wildman–Crippen LogP) is -0.419. The Morgan fingerprint density at radius 1 is 1.41 bits per heavy atom. The minimum atomic E-state index is -0.494. The number of urea groups is 1. The summed E-state index contributed by atoms with van der Waals surface area (Å²) in [4.78, 5) is 22.6. The summed E-state index contributed by atoms with van der Waals surface area (Å²) < 4.78 is 0. The Hall–Kier alpha value is -1.14. The molecule has 1 fully saturated rings. The van der Waals surface area contributed by atoms with Crippen LogP contribution in [0.15, 0.2) is 0 Å². The number of aliphatic hydroxyl groups is 1. The summed E-state index contributed by atoms with van der Waals surface area (Å²) >= 11 is 0. The van der Waals surface area contributed by atoms with Gasteiger partial charge in [0.05, 0.1) is 12.1 Å². The molecule has 0 saturated heterocycles. The fraction of sp³-hybridized carbons (Fsp3) is 0.818. The van der Waals surface area contributed by atoms with E-state index < -0.39 is 18.2 Å². The first-order valence-corrected chi connectivity index (χ1v) is 6.04. The van der Waals surface area contributed by atoms with Crippen LogP contribution in [0.3, 0.4) is 0 Å². The van der Waals surface area contributed by atoms with Gasteiger partial charge in [-0.05, 0) is 32.6 Å². The molecule has 98 valence electrons. The quantitative estimate of drug-likeness (QED) is 0.510. The molecule has 3 amide bonds. The van der Waals surface area contributed by atoms with Gasteiger partial charge < -0.3 is 15.7 Å². The molecule has 6 heteroatoms. The highest BCUT2D eigenvalue weighted by molar-refractivity contribution is 5.96. The third-order valence-electron chi connectivity index (χ3n) is 2.77. The molecule has 6 nitrogen and oxygen atoms in total. The monoisotopic (exact) mass is 243 g/mol. The van der Waals surface area contributed by atoms with Crippen LogP contribution in [0.1, 0.15) is 26.7 Å². The van der Waals surface area contributed by atoms with Crippen molar-refractivity contribution in [1.29, 1.82) is 0 Å². The first kappa shape index (κ1) is 13.9. The van der Waals surface area contributed by atoms with E-state index >= 15 is 0 Å². The second kappa shape index (κ2) is 6.56. The lowest BCUT2D eigenvalue weighted by molar-refractivity contribution is -0.121. The summed E-state index contributed by atoms with van der Waals surface area (Å²) in [6, 6.07) is -0.986. The third kappa shape index (κ3) is 5.14. The number of nitrogens with one attached hydrogen (secondary N) is 3. The van der Waals surface area contributed by atoms with Crippen LogP contribution in [-0.2, 0) is 4.79 Å². The summed E-state index contributed by atoms with van der Waals surface area (Å²) in [7, 11) is 0. The van der Waals surface area contributed by atoms with E-state index in [4.69, 9.17) is 0 Å². The standard InChI is InChI=1S/C11H21N3O3/c1-3-12-11(17)14-10(16)7(2)13-6-9(15)8-4-5-8/h7-9,13,15H,3-6H2,1-2H3,(H2,12,14,16,17). The molecule has 0 spiro atoms. The van der Waals surface area contributed by atoms with Crippen molar-refractivity contribution in [1.82, 2.24) is 16.0 Å². The van der Waals surface area contributed by atoms with E-state index in [1.165, 1.54) is 0 Å². The van der Waals surface area contributed by atoms with Crippen LogP contribution in [0.5, 0.6) is 0 Å². The van der Waals surface area contributed by atoms with Crippen LogP contribution in [0.4, 0.5) is 4.79 Å². The minimum absolute atomic E-state index is 0.376. The van der Waals surface area contributed by atoms with Crippen LogP contribution in [0.25, 0.3) is 0 Å². The molecule has 0 aromatic heterocycles. The second-order valence-electron chi connectivity index (χ2n) is 4.38. The lowest BCUT2D eigenvalue weighted by Crippen LogP contribution is -2.49. The highest BCUT2D eigenvalue weighted by Crippen LogP contribution is 2.32. The summed E-state index contributed by atoms with van der Waals surface area (Å²) in [6.45, 7) is 4.29. The van der Waals surface area contributed by atoms with Crippen LogP contribution in [-0.4, -0.2) is 42.3 Å². The van der Waals surface area contributed by atoms with Gasteiger partial charge in [-0.25, -0.2) is 4.79 Å². The van der Waals surface area contributed by atoms with E-state index in [1.807, 2.05) is 0 Å². The number of aliphatic hydroxyl groups excluding tert-OH is 1. The molecule has 0 aliphatic heterocycles. The molecule has 1 saturated carbocycles. The maximum absolute atomic E-state index is 11.5. The van der Waals surface area contributed by atoms with Gasteiger partial charge in [0.2, 0.25) is 5.91 Å². The van der Waals surface area contributed by atoms with E-state index in [1.54, 1.807) is 13.8 Å². The molecule has 4 N–H and O–H groups in total. The fourth-order valence-electron chi connectivity index (χ4n) is 1.46. The Bertz CT molecular complexity index is 279. The van der Waals surface area contributed by atoms with Crippen molar-refractivity contribution >= 4 is 11.9 Å². The Kier molecular flexibility index (Phi) is 5.37. The summed E-state index contributed by atoms with van der Waals surface area (Å²) in [5.41, 5.74) is 0. The van der Waals surface area contributed by atoms with Gasteiger partial charge in [0, 0.05) is 13.1 Å². The molecule has 0 radical (unpaired) electrons. The van der Waals surface area contributed by atoms with Gasteiger partial charge in [0.1, 0.15) is 0 Å². The zero-order valence-electron chi connectivity index (χ0n) is 10.3. The number of hydrogen-bond acceptors (Lipinski definition) is 4. The number of hydrogen-bond donors (Lipinski definition) is 4. The lowest BCUT2D eigenvalue weighted by atomic mass is 10.2. The van der Waals surface area contributed by atoms with Crippen molar-refractivity contribution in [3.05, 3.63) is 0 Å². The van der Waals surface area contributed by atoms with Gasteiger partial charge in [-0.2, -0.15) is 0 Å². The number of imide groups is 1. The van der Waals surface area contributed by atoms with E-state index in [-0.39, 0.29) is 5.91 Å². The molecule has 0 bridgehead atoms. The second-order valence-corrected chi connectivity index (χ2v) is 4.38. The van der Waals surface area contributed by atoms with Crippen LogP contribution < -0.4 is 16.0 Å². The normalized spacial score (nSPS) is 18.3. The van der Waals surface area contributed by atoms with Gasteiger partial charge >= 0.3 is 6.03 Å². The number of carbonyl (C=O) groups is 2. The Balaban J connectivity index is 2.18. The zero-order chi connectivity index (χ0) is 12.8. The fourth-order valence-corrected chi connectivity index (χ4v) is 1.46. The van der Waals surface area contributed by atoms with E-state index in [9.17, 15) is 14.7 Å². The molecule has 17 heavy (non-hydrogen) atoms. The van der Waals surface area contributed by atoms with Gasteiger partial charge in [-0.3, -0.25) is 10.1 Å². The summed E-state index contributed by atoms with van der Waals surface area (Å²) in [6.07, 6.45) is 1.72. The smallest absolute Gasteiger partial charge is 0.321 e. The molecule has 2 atom stereocenters. The van der Waals surface area contributed by atoms with Gasteiger partial charge in [0.15, 0.2) is 0 Å². The van der Waals surface area contributed by atoms with E-state index in [2.05, 4.69) is 16.0 Å². The molecular weight excluding hydrogens is 222 g/mol. The minimum Gasteiger partial charge on any atom is -0.392 e. The van der Waals surface area contributed by atoms with Gasteiger partial charge in [-0.15, -0.1) is 0 Å². The van der Waals surface area contributed by atoms with Crippen molar-refractivity contribution in [2.75, 3.05) is 13.1 Å². The van der Waals surface area contributed by atoms with Crippen molar-refractivity contribution < 1.29 is 14.7 Å². The van der Waals surface area contributed by atoms with Crippen LogP contribution in [0.2, 0.25) is 0 Å². The predicted molar refractivity (Wildman–Crippen MR) is 63.4 cm³/mol. The first-order chi connectivity index (χ1) is 8.04. The highest BCUT2D eigenvalue weighted by atomic mass is 16.3. The largest absolute Gasteiger partial charge is 0.392 e. The molecule has 0 heterocycles. The Morgan fingerprint density at radius 3 is 2.59 bits per heavy atom. The van der Waals surface area contributed by atoms with Crippen LogP contribution in [0, 0.1) is 5.92 Å². The molecule has 1 rings (SSSR count). The Labute approximate surface area is 101 Å². The van der Waals surface area contributed by atoms with Crippen LogP contribution >= 0.6 is 0 Å². The van der Waals surface area contributed by atoms with Gasteiger partial charge in [-0.1, -0.05) is 0 Å². The number of amides is 3. The molecule has 0 aromatic rings. The number of carbonyl (C=O) groups excluding carboxylic acids is 2. The molecule has 2 unspecified atom stereocenters. The molecule has 1 aliphatic rings. The topological polar surface area (TPSA) is 90.5 Å². The summed E-state index contributed by atoms with van der Waals surface area (Å²) in [5.74, 6) is -0.0138. The van der Waals surface area contributed by atoms with E-state index in [0.717, 1.165) is 12.8 Å². The zero-order valence-corrected chi connectivity index (χ0v) is 10.3. The SMILES string of the molecule is CCNC(=O)NC(=O)C(C)NCC(O)C1CC1. The average molecular weight is 243 g/mol. The third-order valence-corrected chi connectivity index (χ3v) is 2.77. The first-order valence-electron chi connectivity index (χ1n) is 6.04. The van der Waals surface area contributed by atoms with E-state index in [0.29, 0.717) is 19.0 Å². The maximum atomic E-state index is 11.5. The molecular formula is C11H21N3O3. The maximum Gasteiger partial charge on any atom is 0.321 e. The van der Waals surface area contributed by atoms with Gasteiger partial charge in [0.25, 0.3) is 0 Å². The van der Waals surface area contributed by atoms with Crippen molar-refractivity contribution in [2.24, 2.45) is 5.92 Å². The summed E-state index contributed by atoms with van der Waals surface area (Å²) in [5, 5.41) is 17.2. The molecule has 0 aromatic carbocycles. The average Bonchev–Trinajstić information content (AvgIpc) is 3.09. The van der Waals surface area contributed by atoms with Crippen molar-refractivity contribution in [3.8, 4) is 0 Å². The molecule has 1 aliphatic carbocycles. The van der Waals surface area contributed by atoms with Crippen molar-refractivity contribution in [2.45, 2.75) is 38.8 Å². The van der Waals surface area contributed by atoms with Crippen molar-refractivity contribution in [3.63, 3.8) is 0 Å². The lowest BCUT2D eigenvalue weighted by Gasteiger charge is -2.16.